The maximum absolute atomic E-state index is 12.4. The average molecular weight is 330 g/mol. The molecule has 0 bridgehead atoms. The van der Waals surface area contributed by atoms with Crippen LogP contribution in [0.3, 0.4) is 0 Å². The lowest BCUT2D eigenvalue weighted by molar-refractivity contribution is -0.127. The second kappa shape index (κ2) is 7.07. The first-order valence-corrected chi connectivity index (χ1v) is 7.63. The van der Waals surface area contributed by atoms with Crippen LogP contribution >= 0.6 is 0 Å². The number of H-pyrrole nitrogens is 2. The van der Waals surface area contributed by atoms with Crippen LogP contribution in [0, 0.1) is 0 Å². The van der Waals surface area contributed by atoms with Crippen molar-refractivity contribution in [2.45, 2.75) is 18.8 Å². The molecule has 1 fully saturated rings. The van der Waals surface area contributed by atoms with Crippen LogP contribution < -0.4 is 10.4 Å². The lowest BCUT2D eigenvalue weighted by atomic mass is 9.97. The molecule has 2 N–H and O–H groups in total. The highest BCUT2D eigenvalue weighted by molar-refractivity contribution is 5.91. The Morgan fingerprint density at radius 3 is 2.88 bits per heavy atom. The Labute approximate surface area is 137 Å². The van der Waals surface area contributed by atoms with Gasteiger partial charge in [0, 0.05) is 43.0 Å². The zero-order chi connectivity index (χ0) is 16.9. The molecule has 9 nitrogen and oxygen atoms in total. The standard InChI is InChI=1S/C15H18N6O3/c1-24-15-16-7-10(8-17-15)4-5-12(22)21-6-2-3-11(9-21)13-18-14(23)20-19-13/h4-5,7-8,11H,2-3,6,9H2,1H3,(H2,18,19,20,23)/b5-4+. The molecule has 0 saturated carbocycles. The fraction of sp³-hybridized carbons (Fsp3) is 0.400. The first kappa shape index (κ1) is 15.9. The van der Waals surface area contributed by atoms with Crippen molar-refractivity contribution < 1.29 is 9.53 Å². The van der Waals surface area contributed by atoms with Crippen LogP contribution in [-0.4, -0.2) is 56.2 Å². The molecule has 0 aromatic carbocycles. The summed E-state index contributed by atoms with van der Waals surface area (Å²) in [5, 5.41) is 6.33. The van der Waals surface area contributed by atoms with Crippen molar-refractivity contribution in [2.75, 3.05) is 20.2 Å². The van der Waals surface area contributed by atoms with Crippen molar-refractivity contribution in [2.24, 2.45) is 0 Å². The number of rotatable bonds is 4. The number of methoxy groups -OCH3 is 1. The van der Waals surface area contributed by atoms with Crippen molar-refractivity contribution >= 4 is 12.0 Å². The molecular weight excluding hydrogens is 312 g/mol. The fourth-order valence-electron chi connectivity index (χ4n) is 2.67. The lowest BCUT2D eigenvalue weighted by Gasteiger charge is -2.30. The Kier molecular flexibility index (Phi) is 4.69. The molecule has 0 radical (unpaired) electrons. The second-order valence-electron chi connectivity index (χ2n) is 5.52. The highest BCUT2D eigenvalue weighted by Crippen LogP contribution is 2.23. The number of aromatic amines is 2. The van der Waals surface area contributed by atoms with E-state index in [1.807, 2.05) is 0 Å². The van der Waals surface area contributed by atoms with E-state index in [0.29, 0.717) is 24.5 Å². The van der Waals surface area contributed by atoms with E-state index in [9.17, 15) is 9.59 Å². The van der Waals surface area contributed by atoms with Gasteiger partial charge in [0.25, 0.3) is 0 Å². The Morgan fingerprint density at radius 1 is 1.42 bits per heavy atom. The third-order valence-electron chi connectivity index (χ3n) is 3.89. The van der Waals surface area contributed by atoms with Gasteiger partial charge in [0.1, 0.15) is 5.82 Å². The van der Waals surface area contributed by atoms with Gasteiger partial charge in [-0.3, -0.25) is 9.78 Å². The maximum atomic E-state index is 12.4. The Morgan fingerprint density at radius 2 is 2.21 bits per heavy atom. The van der Waals surface area contributed by atoms with Gasteiger partial charge in [-0.2, -0.15) is 5.10 Å². The summed E-state index contributed by atoms with van der Waals surface area (Å²) in [6.45, 7) is 1.22. The molecule has 3 rings (SSSR count). The number of carbonyl (C=O) groups excluding carboxylic acids is 1. The van der Waals surface area contributed by atoms with Gasteiger partial charge in [0.2, 0.25) is 5.91 Å². The molecule has 1 aliphatic rings. The van der Waals surface area contributed by atoms with Crippen LogP contribution in [0.4, 0.5) is 0 Å². The van der Waals surface area contributed by atoms with Crippen LogP contribution in [0.15, 0.2) is 23.3 Å². The van der Waals surface area contributed by atoms with E-state index in [4.69, 9.17) is 4.74 Å². The molecule has 1 atom stereocenters. The maximum Gasteiger partial charge on any atom is 0.340 e. The topological polar surface area (TPSA) is 117 Å². The summed E-state index contributed by atoms with van der Waals surface area (Å²) in [7, 11) is 1.49. The normalized spacial score (nSPS) is 18.0. The van der Waals surface area contributed by atoms with Gasteiger partial charge in [0.15, 0.2) is 0 Å². The third kappa shape index (κ3) is 3.67. The minimum Gasteiger partial charge on any atom is -0.467 e. The van der Waals surface area contributed by atoms with Crippen molar-refractivity contribution in [3.63, 3.8) is 0 Å². The van der Waals surface area contributed by atoms with Crippen molar-refractivity contribution in [1.29, 1.82) is 0 Å². The van der Waals surface area contributed by atoms with Crippen LogP contribution in [0.25, 0.3) is 6.08 Å². The molecule has 24 heavy (non-hydrogen) atoms. The van der Waals surface area contributed by atoms with Crippen LogP contribution in [0.1, 0.15) is 30.1 Å². The minimum absolute atomic E-state index is 0.0411. The molecule has 0 aliphatic carbocycles. The molecular formula is C15H18N6O3. The number of amides is 1. The largest absolute Gasteiger partial charge is 0.467 e. The monoisotopic (exact) mass is 330 g/mol. The smallest absolute Gasteiger partial charge is 0.340 e. The van der Waals surface area contributed by atoms with E-state index in [-0.39, 0.29) is 23.5 Å². The molecule has 1 unspecified atom stereocenters. The Bertz CT molecular complexity index is 779. The summed E-state index contributed by atoms with van der Waals surface area (Å²) in [5.74, 6) is 0.554. The summed E-state index contributed by atoms with van der Waals surface area (Å²) < 4.78 is 4.89. The Hall–Kier alpha value is -2.97. The summed E-state index contributed by atoms with van der Waals surface area (Å²) in [6, 6.07) is 0.283. The van der Waals surface area contributed by atoms with Gasteiger partial charge < -0.3 is 9.64 Å². The van der Waals surface area contributed by atoms with E-state index in [2.05, 4.69) is 25.1 Å². The molecule has 1 saturated heterocycles. The van der Waals surface area contributed by atoms with Crippen molar-refractivity contribution in [1.82, 2.24) is 30.0 Å². The van der Waals surface area contributed by atoms with E-state index >= 15 is 0 Å². The third-order valence-corrected chi connectivity index (χ3v) is 3.89. The predicted octanol–water partition coefficient (Wildman–Crippen LogP) is 0.316. The van der Waals surface area contributed by atoms with Crippen molar-refractivity contribution in [3.8, 4) is 6.01 Å². The quantitative estimate of drug-likeness (QED) is 0.780. The first-order valence-electron chi connectivity index (χ1n) is 7.63. The Balaban J connectivity index is 1.63. The summed E-state index contributed by atoms with van der Waals surface area (Å²) >= 11 is 0. The molecule has 1 aliphatic heterocycles. The number of nitrogens with zero attached hydrogens (tertiary/aromatic N) is 4. The van der Waals surface area contributed by atoms with Gasteiger partial charge in [-0.15, -0.1) is 0 Å². The second-order valence-corrected chi connectivity index (χ2v) is 5.52. The molecule has 2 aromatic rings. The van der Waals surface area contributed by atoms with Crippen LogP contribution in [0.5, 0.6) is 6.01 Å². The van der Waals surface area contributed by atoms with Gasteiger partial charge >= 0.3 is 11.7 Å². The number of nitrogens with one attached hydrogen (secondary N) is 2. The average Bonchev–Trinajstić information content (AvgIpc) is 3.06. The number of ether oxygens (including phenoxy) is 1. The number of piperidine rings is 1. The molecule has 9 heteroatoms. The number of carbonyl (C=O) groups is 1. The lowest BCUT2D eigenvalue weighted by Crippen LogP contribution is -2.38. The fourth-order valence-corrected chi connectivity index (χ4v) is 2.67. The van der Waals surface area contributed by atoms with E-state index < -0.39 is 0 Å². The highest BCUT2D eigenvalue weighted by atomic mass is 16.5. The molecule has 3 heterocycles. The summed E-state index contributed by atoms with van der Waals surface area (Å²) in [6.07, 6.45) is 8.10. The van der Waals surface area contributed by atoms with Crippen molar-refractivity contribution in [3.05, 3.63) is 40.3 Å². The molecule has 126 valence electrons. The molecule has 2 aromatic heterocycles. The molecule has 1 amide bonds. The van der Waals surface area contributed by atoms with Crippen LogP contribution in [0.2, 0.25) is 0 Å². The van der Waals surface area contributed by atoms with Crippen LogP contribution in [-0.2, 0) is 4.79 Å². The van der Waals surface area contributed by atoms with E-state index in [0.717, 1.165) is 12.8 Å². The number of likely N-dealkylation sites (tertiary alicyclic amines) is 1. The summed E-state index contributed by atoms with van der Waals surface area (Å²) in [4.78, 5) is 35.9. The minimum atomic E-state index is -0.326. The van der Waals surface area contributed by atoms with Gasteiger partial charge in [-0.25, -0.2) is 19.9 Å². The number of hydrogen-bond donors (Lipinski definition) is 2. The zero-order valence-electron chi connectivity index (χ0n) is 13.2. The molecule has 0 spiro atoms. The zero-order valence-corrected chi connectivity index (χ0v) is 13.2. The van der Waals surface area contributed by atoms with Gasteiger partial charge in [-0.05, 0) is 18.9 Å². The summed E-state index contributed by atoms with van der Waals surface area (Å²) in [5.41, 5.74) is 0.391. The first-order chi connectivity index (χ1) is 11.7. The SMILES string of the molecule is COc1ncc(/C=C/C(=O)N2CCCC(c3n[nH]c(=O)[nH]3)C2)cn1. The number of hydrogen-bond acceptors (Lipinski definition) is 6. The predicted molar refractivity (Wildman–Crippen MR) is 85.4 cm³/mol. The van der Waals surface area contributed by atoms with Gasteiger partial charge in [0.05, 0.1) is 7.11 Å². The van der Waals surface area contributed by atoms with Gasteiger partial charge in [-0.1, -0.05) is 0 Å². The number of aromatic nitrogens is 5. The van der Waals surface area contributed by atoms with E-state index in [1.54, 1.807) is 23.4 Å². The van der Waals surface area contributed by atoms with E-state index in [1.165, 1.54) is 13.2 Å². The highest BCUT2D eigenvalue weighted by Gasteiger charge is 2.25.